The molecular weight excluding hydrogens is 292 g/mol. The quantitative estimate of drug-likeness (QED) is 0.392. The highest BCUT2D eigenvalue weighted by molar-refractivity contribution is 5.73. The minimum Gasteiger partial charge on any atom is -0.421 e. The van der Waals surface area contributed by atoms with Gasteiger partial charge in [0.15, 0.2) is 0 Å². The number of esters is 2. The molecule has 0 heterocycles. The van der Waals surface area contributed by atoms with Crippen LogP contribution in [0.1, 0.15) is 59.3 Å². The predicted molar refractivity (Wildman–Crippen MR) is 91.6 cm³/mol. The Balaban J connectivity index is 0.00000484. The summed E-state index contributed by atoms with van der Waals surface area (Å²) < 4.78 is 10.6. The van der Waals surface area contributed by atoms with Crippen LogP contribution in [0.5, 0.6) is 0 Å². The van der Waals surface area contributed by atoms with Gasteiger partial charge in [-0.3, -0.25) is 9.59 Å². The molecule has 4 nitrogen and oxygen atoms in total. The second-order valence-electron chi connectivity index (χ2n) is 5.24. The van der Waals surface area contributed by atoms with Crippen molar-refractivity contribution in [2.45, 2.75) is 53.8 Å². The van der Waals surface area contributed by atoms with Crippen LogP contribution < -0.4 is 0 Å². The first-order chi connectivity index (χ1) is 10.5. The molecule has 0 bridgehead atoms. The Kier molecular flexibility index (Phi) is 10.4. The molecule has 0 saturated carbocycles. The lowest BCUT2D eigenvalue weighted by atomic mass is 10.2. The van der Waals surface area contributed by atoms with Crippen molar-refractivity contribution in [3.05, 3.63) is 48.0 Å². The molecule has 0 N–H and O–H groups in total. The van der Waals surface area contributed by atoms with Crippen molar-refractivity contribution >= 4 is 11.9 Å². The van der Waals surface area contributed by atoms with E-state index in [0.717, 1.165) is 6.42 Å². The van der Waals surface area contributed by atoms with Crippen LogP contribution >= 0.6 is 0 Å². The van der Waals surface area contributed by atoms with Gasteiger partial charge in [-0.05, 0) is 12.8 Å². The number of carbonyl (C=O) groups excluding carboxylic acids is 2. The molecule has 0 aliphatic rings. The lowest BCUT2D eigenvalue weighted by Gasteiger charge is -2.19. The van der Waals surface area contributed by atoms with E-state index in [2.05, 4.69) is 0 Å². The predicted octanol–water partition coefficient (Wildman–Crippen LogP) is 4.81. The van der Waals surface area contributed by atoms with Crippen LogP contribution in [0.2, 0.25) is 0 Å². The van der Waals surface area contributed by atoms with E-state index in [1.807, 2.05) is 37.3 Å². The van der Waals surface area contributed by atoms with E-state index in [-0.39, 0.29) is 25.7 Å². The number of benzene rings is 1. The summed E-state index contributed by atoms with van der Waals surface area (Å²) in [7, 11) is 0. The Morgan fingerprint density at radius 1 is 1.09 bits per heavy atom. The van der Waals surface area contributed by atoms with Crippen molar-refractivity contribution < 1.29 is 19.1 Å². The normalized spacial score (nSPS) is 11.8. The van der Waals surface area contributed by atoms with Crippen LogP contribution in [0.4, 0.5) is 0 Å². The maximum absolute atomic E-state index is 11.9. The van der Waals surface area contributed by atoms with Gasteiger partial charge in [0.1, 0.15) is 0 Å². The van der Waals surface area contributed by atoms with Crippen molar-refractivity contribution in [2.24, 2.45) is 5.92 Å². The van der Waals surface area contributed by atoms with Crippen LogP contribution in [-0.4, -0.2) is 11.9 Å². The molecule has 0 amide bonds. The molecule has 0 fully saturated rings. The second-order valence-corrected chi connectivity index (χ2v) is 5.24. The number of hydrogen-bond acceptors (Lipinski definition) is 4. The third kappa shape index (κ3) is 8.19. The summed E-state index contributed by atoms with van der Waals surface area (Å²) in [5.74, 6) is -1.06. The average molecular weight is 320 g/mol. The highest BCUT2D eigenvalue weighted by Gasteiger charge is 2.22. The summed E-state index contributed by atoms with van der Waals surface area (Å²) in [6.45, 7) is 5.51. The molecule has 4 heteroatoms. The van der Waals surface area contributed by atoms with Gasteiger partial charge in [-0.25, -0.2) is 0 Å². The summed E-state index contributed by atoms with van der Waals surface area (Å²) >= 11 is 0. The Bertz CT molecular complexity index is 491. The number of rotatable bonds is 8. The molecule has 0 saturated heterocycles. The molecule has 1 aromatic carbocycles. The van der Waals surface area contributed by atoms with Crippen LogP contribution in [-0.2, 0) is 19.1 Å². The zero-order chi connectivity index (χ0) is 16.4. The maximum Gasteiger partial charge on any atom is 0.311 e. The maximum atomic E-state index is 11.9. The zero-order valence-corrected chi connectivity index (χ0v) is 13.5. The number of hydrogen-bond donors (Lipinski definition) is 0. The summed E-state index contributed by atoms with van der Waals surface area (Å²) in [5, 5.41) is 0. The Morgan fingerprint density at radius 2 is 1.74 bits per heavy atom. The fourth-order valence-corrected chi connectivity index (χ4v) is 1.68. The number of ether oxygens (including phenoxy) is 2. The lowest BCUT2D eigenvalue weighted by Crippen LogP contribution is -2.20. The van der Waals surface area contributed by atoms with Gasteiger partial charge in [-0.1, -0.05) is 70.7 Å². The van der Waals surface area contributed by atoms with Gasteiger partial charge in [-0.2, -0.15) is 0 Å². The zero-order valence-electron chi connectivity index (χ0n) is 13.5. The van der Waals surface area contributed by atoms with Crippen LogP contribution in [0, 0.1) is 5.92 Å². The second kappa shape index (κ2) is 11.5. The molecule has 0 aliphatic carbocycles. The molecule has 1 unspecified atom stereocenters. The smallest absolute Gasteiger partial charge is 0.311 e. The fourth-order valence-electron chi connectivity index (χ4n) is 1.68. The van der Waals surface area contributed by atoms with E-state index in [1.54, 1.807) is 26.0 Å². The topological polar surface area (TPSA) is 52.6 Å². The van der Waals surface area contributed by atoms with E-state index < -0.39 is 12.3 Å². The highest BCUT2D eigenvalue weighted by Crippen LogP contribution is 2.21. The average Bonchev–Trinajstić information content (AvgIpc) is 2.51. The first-order valence-electron chi connectivity index (χ1n) is 7.64. The van der Waals surface area contributed by atoms with E-state index in [1.165, 1.54) is 0 Å². The molecule has 0 aliphatic heterocycles. The largest absolute Gasteiger partial charge is 0.421 e. The monoisotopic (exact) mass is 320 g/mol. The van der Waals surface area contributed by atoms with Gasteiger partial charge in [-0.15, -0.1) is 0 Å². The summed E-state index contributed by atoms with van der Waals surface area (Å²) in [6.07, 6.45) is 4.78. The number of carbonyl (C=O) groups is 2. The van der Waals surface area contributed by atoms with Crippen LogP contribution in [0.3, 0.4) is 0 Å². The minimum absolute atomic E-state index is 0. The van der Waals surface area contributed by atoms with E-state index >= 15 is 0 Å². The molecule has 0 aromatic heterocycles. The summed E-state index contributed by atoms with van der Waals surface area (Å²) in [4.78, 5) is 23.7. The Hall–Kier alpha value is -2.10. The summed E-state index contributed by atoms with van der Waals surface area (Å²) in [6, 6.07) is 9.00. The van der Waals surface area contributed by atoms with E-state index in [4.69, 9.17) is 9.47 Å². The van der Waals surface area contributed by atoms with Gasteiger partial charge in [0, 0.05) is 12.0 Å². The minimum atomic E-state index is -0.987. The van der Waals surface area contributed by atoms with Gasteiger partial charge in [0.25, 0.3) is 6.29 Å². The first-order valence-corrected chi connectivity index (χ1v) is 7.64. The third-order valence-electron chi connectivity index (χ3n) is 2.92. The molecule has 128 valence electrons. The molecule has 23 heavy (non-hydrogen) atoms. The van der Waals surface area contributed by atoms with E-state index in [9.17, 15) is 9.59 Å². The Morgan fingerprint density at radius 3 is 2.30 bits per heavy atom. The number of allylic oxidation sites excluding steroid dienone is 2. The highest BCUT2D eigenvalue weighted by atomic mass is 16.7. The van der Waals surface area contributed by atoms with Crippen LogP contribution in [0.25, 0.3) is 0 Å². The van der Waals surface area contributed by atoms with Crippen molar-refractivity contribution in [3.63, 3.8) is 0 Å². The van der Waals surface area contributed by atoms with Gasteiger partial charge in [0.2, 0.25) is 0 Å². The lowest BCUT2D eigenvalue weighted by molar-refractivity contribution is -0.192. The first kappa shape index (κ1) is 20.9. The molecular formula is C19H28O4. The third-order valence-corrected chi connectivity index (χ3v) is 2.92. The molecule has 1 atom stereocenters. The van der Waals surface area contributed by atoms with Gasteiger partial charge >= 0.3 is 11.9 Å². The molecule has 1 rings (SSSR count). The van der Waals surface area contributed by atoms with Gasteiger partial charge < -0.3 is 9.47 Å². The molecule has 1 aromatic rings. The van der Waals surface area contributed by atoms with Crippen molar-refractivity contribution in [1.29, 1.82) is 0 Å². The Labute approximate surface area is 139 Å². The molecule has 0 radical (unpaired) electrons. The SMILES string of the molecule is C.CCC=CCCC(=O)OC(OC(=O)C(C)C)c1ccccc1. The van der Waals surface area contributed by atoms with Gasteiger partial charge in [0.05, 0.1) is 5.92 Å². The molecule has 0 spiro atoms. The van der Waals surface area contributed by atoms with E-state index in [0.29, 0.717) is 12.0 Å². The fraction of sp³-hybridized carbons (Fsp3) is 0.474. The summed E-state index contributed by atoms with van der Waals surface area (Å²) in [5.41, 5.74) is 0.647. The standard InChI is InChI=1S/C18H24O4.CH4/c1-4-5-6-10-13-16(19)21-18(22-17(20)14(2)3)15-11-8-7-9-12-15;/h5-9,11-12,14,18H,4,10,13H2,1-3H3;1H4. The van der Waals surface area contributed by atoms with Crippen LogP contribution in [0.15, 0.2) is 42.5 Å². The van der Waals surface area contributed by atoms with Crippen molar-refractivity contribution in [1.82, 2.24) is 0 Å². The van der Waals surface area contributed by atoms with Crippen molar-refractivity contribution in [3.8, 4) is 0 Å². The van der Waals surface area contributed by atoms with Crippen molar-refractivity contribution in [2.75, 3.05) is 0 Å².